The molecule has 2 aromatic rings. The van der Waals surface area contributed by atoms with Crippen LogP contribution in [0.5, 0.6) is 0 Å². The largest absolute Gasteiger partial charge is 0.260 e. The predicted molar refractivity (Wildman–Crippen MR) is 75.3 cm³/mol. The standard InChI is InChI=1S/C14H9BrClN/c15-13-7-10-6-11(16)4-3-9(10)8-14-12(13)2-1-5-17-14/h1-7H,8H2. The Morgan fingerprint density at radius 2 is 2.12 bits per heavy atom. The van der Waals surface area contributed by atoms with E-state index in [0.29, 0.717) is 0 Å². The minimum absolute atomic E-state index is 0.763. The van der Waals surface area contributed by atoms with Gasteiger partial charge in [-0.15, -0.1) is 0 Å². The maximum Gasteiger partial charge on any atom is 0.0531 e. The number of pyridine rings is 1. The van der Waals surface area contributed by atoms with E-state index in [2.05, 4.69) is 39.1 Å². The lowest BCUT2D eigenvalue weighted by atomic mass is 10.0. The van der Waals surface area contributed by atoms with Crippen LogP contribution in [-0.2, 0) is 6.42 Å². The van der Waals surface area contributed by atoms with Gasteiger partial charge in [0, 0.05) is 27.7 Å². The topological polar surface area (TPSA) is 12.9 Å². The van der Waals surface area contributed by atoms with Crippen molar-refractivity contribution in [3.05, 3.63) is 63.9 Å². The number of hydrogen-bond donors (Lipinski definition) is 0. The zero-order valence-electron chi connectivity index (χ0n) is 8.95. The van der Waals surface area contributed by atoms with Crippen molar-refractivity contribution in [3.63, 3.8) is 0 Å². The SMILES string of the molecule is Clc1ccc2c(c1)C=C(Br)c1cccnc1C2. The number of rotatable bonds is 0. The van der Waals surface area contributed by atoms with Crippen molar-refractivity contribution < 1.29 is 0 Å². The Balaban J connectivity index is 2.24. The molecule has 1 aliphatic carbocycles. The highest BCUT2D eigenvalue weighted by Gasteiger charge is 2.14. The van der Waals surface area contributed by atoms with E-state index in [0.717, 1.165) is 32.7 Å². The minimum atomic E-state index is 0.763. The van der Waals surface area contributed by atoms with E-state index < -0.39 is 0 Å². The molecular weight excluding hydrogens is 298 g/mol. The molecular formula is C14H9BrClN. The van der Waals surface area contributed by atoms with Gasteiger partial charge in [-0.2, -0.15) is 0 Å². The van der Waals surface area contributed by atoms with Gasteiger partial charge in [0.1, 0.15) is 0 Å². The van der Waals surface area contributed by atoms with Crippen LogP contribution >= 0.6 is 27.5 Å². The van der Waals surface area contributed by atoms with Gasteiger partial charge in [-0.1, -0.05) is 39.7 Å². The lowest BCUT2D eigenvalue weighted by Gasteiger charge is -2.05. The molecule has 0 radical (unpaired) electrons. The van der Waals surface area contributed by atoms with Gasteiger partial charge in [0.15, 0.2) is 0 Å². The van der Waals surface area contributed by atoms with Gasteiger partial charge < -0.3 is 0 Å². The number of fused-ring (bicyclic) bond motifs is 2. The van der Waals surface area contributed by atoms with E-state index in [1.54, 1.807) is 0 Å². The molecule has 1 heterocycles. The molecule has 0 atom stereocenters. The van der Waals surface area contributed by atoms with Crippen LogP contribution in [-0.4, -0.2) is 4.98 Å². The lowest BCUT2D eigenvalue weighted by molar-refractivity contribution is 1.07. The highest BCUT2D eigenvalue weighted by Crippen LogP contribution is 2.33. The second kappa shape index (κ2) is 4.28. The first-order chi connectivity index (χ1) is 8.24. The molecule has 84 valence electrons. The highest BCUT2D eigenvalue weighted by molar-refractivity contribution is 9.15. The quantitative estimate of drug-likeness (QED) is 0.697. The van der Waals surface area contributed by atoms with Gasteiger partial charge >= 0.3 is 0 Å². The summed E-state index contributed by atoms with van der Waals surface area (Å²) in [6.07, 6.45) is 4.78. The zero-order valence-corrected chi connectivity index (χ0v) is 11.3. The van der Waals surface area contributed by atoms with E-state index in [9.17, 15) is 0 Å². The molecule has 1 aliphatic rings. The molecule has 0 fully saturated rings. The Bertz CT molecular complexity index is 619. The van der Waals surface area contributed by atoms with E-state index in [-0.39, 0.29) is 0 Å². The average molecular weight is 307 g/mol. The van der Waals surface area contributed by atoms with Crippen molar-refractivity contribution in [2.75, 3.05) is 0 Å². The Labute approximate surface area is 113 Å². The van der Waals surface area contributed by atoms with E-state index in [4.69, 9.17) is 11.6 Å². The van der Waals surface area contributed by atoms with Crippen LogP contribution in [0.4, 0.5) is 0 Å². The van der Waals surface area contributed by atoms with E-state index >= 15 is 0 Å². The summed E-state index contributed by atoms with van der Waals surface area (Å²) < 4.78 is 1.06. The molecule has 0 N–H and O–H groups in total. The van der Waals surface area contributed by atoms with Crippen LogP contribution in [0.2, 0.25) is 5.02 Å². The fraction of sp³-hybridized carbons (Fsp3) is 0.0714. The van der Waals surface area contributed by atoms with Crippen molar-refractivity contribution in [1.29, 1.82) is 0 Å². The summed E-state index contributed by atoms with van der Waals surface area (Å²) in [5.41, 5.74) is 4.66. The van der Waals surface area contributed by atoms with Gasteiger partial charge in [-0.25, -0.2) is 0 Å². The van der Waals surface area contributed by atoms with Crippen molar-refractivity contribution >= 4 is 38.1 Å². The van der Waals surface area contributed by atoms with Gasteiger partial charge in [-0.3, -0.25) is 4.98 Å². The Hall–Kier alpha value is -1.12. The molecule has 0 amide bonds. The van der Waals surface area contributed by atoms with E-state index in [1.165, 1.54) is 5.56 Å². The van der Waals surface area contributed by atoms with Crippen molar-refractivity contribution in [2.24, 2.45) is 0 Å². The molecule has 3 rings (SSSR count). The summed E-state index contributed by atoms with van der Waals surface area (Å²) in [6, 6.07) is 10.0. The molecule has 0 spiro atoms. The van der Waals surface area contributed by atoms with Crippen LogP contribution in [0.15, 0.2) is 36.5 Å². The van der Waals surface area contributed by atoms with Crippen LogP contribution < -0.4 is 0 Å². The molecule has 1 nitrogen and oxygen atoms in total. The molecule has 1 aromatic carbocycles. The number of nitrogens with zero attached hydrogens (tertiary/aromatic N) is 1. The third-order valence-corrected chi connectivity index (χ3v) is 3.79. The summed E-state index contributed by atoms with van der Waals surface area (Å²) in [4.78, 5) is 4.45. The third-order valence-electron chi connectivity index (χ3n) is 2.90. The van der Waals surface area contributed by atoms with E-state index in [1.807, 2.05) is 24.4 Å². The highest BCUT2D eigenvalue weighted by atomic mass is 79.9. The first kappa shape index (κ1) is 11.0. The number of halogens is 2. The van der Waals surface area contributed by atoms with Crippen LogP contribution in [0.1, 0.15) is 22.4 Å². The maximum atomic E-state index is 6.03. The third kappa shape index (κ3) is 2.03. The molecule has 0 saturated carbocycles. The summed E-state index contributed by atoms with van der Waals surface area (Å²) >= 11 is 9.64. The lowest BCUT2D eigenvalue weighted by Crippen LogP contribution is -1.95. The van der Waals surface area contributed by atoms with Crippen LogP contribution in [0.25, 0.3) is 10.6 Å². The summed E-state index contributed by atoms with van der Waals surface area (Å²) in [6.45, 7) is 0. The van der Waals surface area contributed by atoms with Gasteiger partial charge in [0.25, 0.3) is 0 Å². The zero-order chi connectivity index (χ0) is 11.8. The number of aromatic nitrogens is 1. The smallest absolute Gasteiger partial charge is 0.0531 e. The second-order valence-electron chi connectivity index (χ2n) is 4.01. The molecule has 3 heteroatoms. The predicted octanol–water partition coefficient (Wildman–Crippen LogP) is 4.53. The van der Waals surface area contributed by atoms with Crippen LogP contribution in [0.3, 0.4) is 0 Å². The molecule has 0 bridgehead atoms. The fourth-order valence-corrected chi connectivity index (χ4v) is 2.84. The average Bonchev–Trinajstić information content (AvgIpc) is 2.46. The summed E-state index contributed by atoms with van der Waals surface area (Å²) in [7, 11) is 0. The molecule has 0 unspecified atom stereocenters. The first-order valence-electron chi connectivity index (χ1n) is 5.34. The number of benzene rings is 1. The van der Waals surface area contributed by atoms with Gasteiger partial charge in [0.05, 0.1) is 5.69 Å². The first-order valence-corrected chi connectivity index (χ1v) is 6.51. The molecule has 17 heavy (non-hydrogen) atoms. The Morgan fingerprint density at radius 1 is 1.24 bits per heavy atom. The van der Waals surface area contributed by atoms with Gasteiger partial charge in [0.2, 0.25) is 0 Å². The van der Waals surface area contributed by atoms with Gasteiger partial charge in [-0.05, 0) is 35.4 Å². The second-order valence-corrected chi connectivity index (χ2v) is 5.30. The Morgan fingerprint density at radius 3 is 3.00 bits per heavy atom. The maximum absolute atomic E-state index is 6.03. The molecule has 0 aliphatic heterocycles. The number of hydrogen-bond acceptors (Lipinski definition) is 1. The van der Waals surface area contributed by atoms with Crippen molar-refractivity contribution in [1.82, 2.24) is 4.98 Å². The minimum Gasteiger partial charge on any atom is -0.260 e. The molecule has 0 saturated heterocycles. The summed E-state index contributed by atoms with van der Waals surface area (Å²) in [5, 5.41) is 0.763. The monoisotopic (exact) mass is 305 g/mol. The molecule has 1 aromatic heterocycles. The summed E-state index contributed by atoms with van der Waals surface area (Å²) in [5.74, 6) is 0. The van der Waals surface area contributed by atoms with Crippen LogP contribution in [0, 0.1) is 0 Å². The van der Waals surface area contributed by atoms with Crippen molar-refractivity contribution in [2.45, 2.75) is 6.42 Å². The fourth-order valence-electron chi connectivity index (χ4n) is 2.05. The normalized spacial score (nSPS) is 13.4. The Kier molecular flexibility index (Phi) is 2.77. The van der Waals surface area contributed by atoms with Crippen molar-refractivity contribution in [3.8, 4) is 0 Å².